The second-order valence-corrected chi connectivity index (χ2v) is 3.88. The van der Waals surface area contributed by atoms with Crippen molar-refractivity contribution in [1.29, 1.82) is 0 Å². The molecule has 2 rings (SSSR count). The molecule has 0 bridgehead atoms. The molecule has 0 amide bonds. The second-order valence-electron chi connectivity index (χ2n) is 3.88. The van der Waals surface area contributed by atoms with E-state index < -0.39 is 0 Å². The summed E-state index contributed by atoms with van der Waals surface area (Å²) in [5, 5.41) is 0. The second kappa shape index (κ2) is 4.79. The maximum Gasteiger partial charge on any atom is 0.130 e. The van der Waals surface area contributed by atoms with Crippen LogP contribution in [-0.2, 0) is 6.61 Å². The summed E-state index contributed by atoms with van der Waals surface area (Å²) in [4.78, 5) is 4.39. The molecule has 0 saturated heterocycles. The molecule has 0 saturated carbocycles. The Morgan fingerprint density at radius 2 is 1.88 bits per heavy atom. The molecule has 0 aliphatic rings. The van der Waals surface area contributed by atoms with Crippen LogP contribution in [0.2, 0.25) is 0 Å². The fourth-order valence-electron chi connectivity index (χ4n) is 1.54. The van der Waals surface area contributed by atoms with Gasteiger partial charge < -0.3 is 4.74 Å². The first kappa shape index (κ1) is 10.7. The molecule has 0 N–H and O–H groups in total. The molecule has 0 atom stereocenters. The van der Waals surface area contributed by atoms with E-state index in [0.29, 0.717) is 6.61 Å². The van der Waals surface area contributed by atoms with Gasteiger partial charge in [-0.15, -0.1) is 0 Å². The molecule has 0 unspecified atom stereocenters. The standard InChI is InChI=1S/C14H15NO/c1-11-5-3-8-14(9-11)16-10-13-7-4-6-12(2)15-13/h3-9H,10H2,1-2H3. The third-order valence-electron chi connectivity index (χ3n) is 2.32. The van der Waals surface area contributed by atoms with Crippen molar-refractivity contribution in [2.75, 3.05) is 0 Å². The number of ether oxygens (including phenoxy) is 1. The molecule has 0 fully saturated rings. The van der Waals surface area contributed by atoms with Crippen LogP contribution < -0.4 is 4.74 Å². The molecule has 0 radical (unpaired) electrons. The maximum absolute atomic E-state index is 5.67. The van der Waals surface area contributed by atoms with Gasteiger partial charge in [0, 0.05) is 5.69 Å². The Kier molecular flexibility index (Phi) is 3.20. The molecular formula is C14H15NO. The Balaban J connectivity index is 2.02. The van der Waals surface area contributed by atoms with Gasteiger partial charge in [0.2, 0.25) is 0 Å². The van der Waals surface area contributed by atoms with Crippen molar-refractivity contribution in [3.63, 3.8) is 0 Å². The number of hydrogen-bond donors (Lipinski definition) is 0. The Bertz CT molecular complexity index is 434. The number of pyridine rings is 1. The number of nitrogens with zero attached hydrogens (tertiary/aromatic N) is 1. The van der Waals surface area contributed by atoms with Gasteiger partial charge in [0.1, 0.15) is 12.4 Å². The lowest BCUT2D eigenvalue weighted by Gasteiger charge is -2.06. The zero-order valence-corrected chi connectivity index (χ0v) is 9.60. The van der Waals surface area contributed by atoms with Gasteiger partial charge in [-0.05, 0) is 43.7 Å². The van der Waals surface area contributed by atoms with E-state index in [1.807, 2.05) is 43.3 Å². The van der Waals surface area contributed by atoms with Gasteiger partial charge in [-0.1, -0.05) is 18.2 Å². The highest BCUT2D eigenvalue weighted by molar-refractivity contribution is 5.27. The molecule has 1 aromatic heterocycles. The van der Waals surface area contributed by atoms with Crippen molar-refractivity contribution in [1.82, 2.24) is 4.98 Å². The number of aryl methyl sites for hydroxylation is 2. The van der Waals surface area contributed by atoms with Crippen LogP contribution in [0.1, 0.15) is 17.0 Å². The van der Waals surface area contributed by atoms with E-state index in [9.17, 15) is 0 Å². The Hall–Kier alpha value is -1.83. The first-order valence-electron chi connectivity index (χ1n) is 5.36. The molecule has 1 heterocycles. The van der Waals surface area contributed by atoms with E-state index in [2.05, 4.69) is 18.0 Å². The average molecular weight is 213 g/mol. The molecule has 0 aliphatic carbocycles. The molecule has 1 aromatic carbocycles. The maximum atomic E-state index is 5.67. The van der Waals surface area contributed by atoms with E-state index in [-0.39, 0.29) is 0 Å². The van der Waals surface area contributed by atoms with Crippen LogP contribution >= 0.6 is 0 Å². The summed E-state index contributed by atoms with van der Waals surface area (Å²) in [7, 11) is 0. The van der Waals surface area contributed by atoms with Crippen LogP contribution in [0.5, 0.6) is 5.75 Å². The van der Waals surface area contributed by atoms with Gasteiger partial charge in [0.15, 0.2) is 0 Å². The van der Waals surface area contributed by atoms with Crippen molar-refractivity contribution < 1.29 is 4.74 Å². The summed E-state index contributed by atoms with van der Waals surface area (Å²) in [5.41, 5.74) is 3.18. The monoisotopic (exact) mass is 213 g/mol. The average Bonchev–Trinajstić information content (AvgIpc) is 2.27. The summed E-state index contributed by atoms with van der Waals surface area (Å²) in [6.45, 7) is 4.55. The van der Waals surface area contributed by atoms with E-state index in [1.54, 1.807) is 0 Å². The van der Waals surface area contributed by atoms with Gasteiger partial charge in [-0.2, -0.15) is 0 Å². The lowest BCUT2D eigenvalue weighted by atomic mass is 10.2. The van der Waals surface area contributed by atoms with Crippen molar-refractivity contribution in [2.24, 2.45) is 0 Å². The smallest absolute Gasteiger partial charge is 0.130 e. The van der Waals surface area contributed by atoms with Gasteiger partial charge in [0.25, 0.3) is 0 Å². The molecular weight excluding hydrogens is 198 g/mol. The first-order valence-corrected chi connectivity index (χ1v) is 5.36. The Labute approximate surface area is 95.9 Å². The number of benzene rings is 1. The van der Waals surface area contributed by atoms with E-state index in [4.69, 9.17) is 4.74 Å². The van der Waals surface area contributed by atoms with Crippen LogP contribution in [0.25, 0.3) is 0 Å². The van der Waals surface area contributed by atoms with Crippen LogP contribution in [0.4, 0.5) is 0 Å². The van der Waals surface area contributed by atoms with Crippen LogP contribution in [0.15, 0.2) is 42.5 Å². The fourth-order valence-corrected chi connectivity index (χ4v) is 1.54. The quantitative estimate of drug-likeness (QED) is 0.780. The highest BCUT2D eigenvalue weighted by atomic mass is 16.5. The topological polar surface area (TPSA) is 22.1 Å². The van der Waals surface area contributed by atoms with Crippen molar-refractivity contribution >= 4 is 0 Å². The minimum absolute atomic E-state index is 0.519. The molecule has 2 heteroatoms. The molecule has 82 valence electrons. The minimum atomic E-state index is 0.519. The summed E-state index contributed by atoms with van der Waals surface area (Å²) in [6, 6.07) is 14.0. The minimum Gasteiger partial charge on any atom is -0.487 e. The molecule has 0 spiro atoms. The lowest BCUT2D eigenvalue weighted by Crippen LogP contribution is -1.99. The molecule has 2 nitrogen and oxygen atoms in total. The summed E-state index contributed by atoms with van der Waals surface area (Å²) in [6.07, 6.45) is 0. The van der Waals surface area contributed by atoms with E-state index in [0.717, 1.165) is 17.1 Å². The van der Waals surface area contributed by atoms with Crippen LogP contribution in [0.3, 0.4) is 0 Å². The summed E-state index contributed by atoms with van der Waals surface area (Å²) >= 11 is 0. The van der Waals surface area contributed by atoms with E-state index in [1.165, 1.54) is 5.56 Å². The Morgan fingerprint density at radius 3 is 2.62 bits per heavy atom. The van der Waals surface area contributed by atoms with Gasteiger partial charge in [-0.3, -0.25) is 4.98 Å². The number of aromatic nitrogens is 1. The van der Waals surface area contributed by atoms with Crippen LogP contribution in [0, 0.1) is 13.8 Å². The van der Waals surface area contributed by atoms with Gasteiger partial charge >= 0.3 is 0 Å². The lowest BCUT2D eigenvalue weighted by molar-refractivity contribution is 0.301. The molecule has 2 aromatic rings. The third kappa shape index (κ3) is 2.83. The van der Waals surface area contributed by atoms with Crippen molar-refractivity contribution in [3.8, 4) is 5.75 Å². The zero-order valence-electron chi connectivity index (χ0n) is 9.60. The Morgan fingerprint density at radius 1 is 1.06 bits per heavy atom. The summed E-state index contributed by atoms with van der Waals surface area (Å²) < 4.78 is 5.67. The fraction of sp³-hybridized carbons (Fsp3) is 0.214. The van der Waals surface area contributed by atoms with Gasteiger partial charge in [-0.25, -0.2) is 0 Å². The molecule has 16 heavy (non-hydrogen) atoms. The number of hydrogen-bond acceptors (Lipinski definition) is 2. The normalized spacial score (nSPS) is 10.1. The largest absolute Gasteiger partial charge is 0.487 e. The van der Waals surface area contributed by atoms with E-state index >= 15 is 0 Å². The highest BCUT2D eigenvalue weighted by Crippen LogP contribution is 2.13. The first-order chi connectivity index (χ1) is 7.74. The predicted molar refractivity (Wildman–Crippen MR) is 64.5 cm³/mol. The molecule has 0 aliphatic heterocycles. The van der Waals surface area contributed by atoms with Gasteiger partial charge in [0.05, 0.1) is 5.69 Å². The van der Waals surface area contributed by atoms with Crippen molar-refractivity contribution in [2.45, 2.75) is 20.5 Å². The highest BCUT2D eigenvalue weighted by Gasteiger charge is 1.97. The van der Waals surface area contributed by atoms with Crippen molar-refractivity contribution in [3.05, 3.63) is 59.4 Å². The third-order valence-corrected chi connectivity index (χ3v) is 2.32. The summed E-state index contributed by atoms with van der Waals surface area (Å²) in [5.74, 6) is 0.892. The SMILES string of the molecule is Cc1cccc(OCc2cccc(C)n2)c1. The predicted octanol–water partition coefficient (Wildman–Crippen LogP) is 3.28. The number of rotatable bonds is 3. The zero-order chi connectivity index (χ0) is 11.4. The van der Waals surface area contributed by atoms with Crippen LogP contribution in [-0.4, -0.2) is 4.98 Å².